The van der Waals surface area contributed by atoms with Crippen LogP contribution in [-0.2, 0) is 34.9 Å². The highest BCUT2D eigenvalue weighted by molar-refractivity contribution is 5.92. The van der Waals surface area contributed by atoms with E-state index in [0.717, 1.165) is 37.7 Å². The lowest BCUT2D eigenvalue weighted by atomic mass is 9.87. The van der Waals surface area contributed by atoms with Crippen molar-refractivity contribution < 1.29 is 76.9 Å². The molecule has 1 N–H and O–H groups in total. The SMILES string of the molecule is O=C(O)CCCCCCc1cccc2c(C(F)(F)F)c(OC3CCC(C(F)(F)F)CC3)ccc12.O=C1CCCCN1Cc1cccc2c(C(F)(F)F)c(OC3CCC(C(F)(F)F)CC3)ccc12. The molecule has 6 nitrogen and oxygen atoms in total. The van der Waals surface area contributed by atoms with Gasteiger partial charge in [0.25, 0.3) is 0 Å². The third kappa shape index (κ3) is 13.6. The zero-order valence-electron chi connectivity index (χ0n) is 36.6. The number of carbonyl (C=O) groups is 2. The number of alkyl halides is 12. The predicted octanol–water partition coefficient (Wildman–Crippen LogP) is 14.8. The Hall–Kier alpha value is -4.90. The van der Waals surface area contributed by atoms with E-state index in [2.05, 4.69) is 0 Å². The molecule has 1 amide bonds. The second-order valence-electron chi connectivity index (χ2n) is 17.7. The molecular formula is C49H53F12NO5. The Kier molecular flexibility index (Phi) is 16.6. The van der Waals surface area contributed by atoms with E-state index < -0.39 is 65.8 Å². The zero-order valence-corrected chi connectivity index (χ0v) is 36.6. The van der Waals surface area contributed by atoms with Gasteiger partial charge in [0.15, 0.2) is 0 Å². The fourth-order valence-electron chi connectivity index (χ4n) is 9.50. The maximum atomic E-state index is 14.1. The van der Waals surface area contributed by atoms with Gasteiger partial charge in [-0.2, -0.15) is 52.7 Å². The van der Waals surface area contributed by atoms with Crippen LogP contribution in [0.3, 0.4) is 0 Å². The van der Waals surface area contributed by atoms with Crippen LogP contribution in [-0.4, -0.2) is 53.0 Å². The molecule has 368 valence electrons. The first-order chi connectivity index (χ1) is 31.5. The number of halogens is 12. The smallest absolute Gasteiger partial charge is 0.420 e. The van der Waals surface area contributed by atoms with E-state index in [1.807, 2.05) is 0 Å². The van der Waals surface area contributed by atoms with Gasteiger partial charge in [-0.05, 0) is 128 Å². The summed E-state index contributed by atoms with van der Waals surface area (Å²) in [6.07, 6.45) is -14.2. The number of ether oxygens (including phenoxy) is 2. The van der Waals surface area contributed by atoms with Gasteiger partial charge in [-0.25, -0.2) is 0 Å². The Balaban J connectivity index is 0.000000221. The number of aryl methyl sites for hydroxylation is 1. The highest BCUT2D eigenvalue weighted by Crippen LogP contribution is 2.46. The maximum absolute atomic E-state index is 14.1. The molecule has 2 aliphatic carbocycles. The summed E-state index contributed by atoms with van der Waals surface area (Å²) < 4.78 is 173. The van der Waals surface area contributed by atoms with Crippen LogP contribution in [0, 0.1) is 11.8 Å². The Labute approximate surface area is 380 Å². The normalized spacial score (nSPS) is 21.0. The van der Waals surface area contributed by atoms with Gasteiger partial charge in [0.1, 0.15) is 22.6 Å². The molecule has 1 aliphatic heterocycles. The summed E-state index contributed by atoms with van der Waals surface area (Å²) in [5.74, 6) is -4.43. The lowest BCUT2D eigenvalue weighted by Crippen LogP contribution is -2.34. The number of rotatable bonds is 13. The molecule has 1 saturated heterocycles. The number of carbonyl (C=O) groups excluding carboxylic acids is 1. The third-order valence-electron chi connectivity index (χ3n) is 13.0. The Morgan fingerprint density at radius 2 is 1.03 bits per heavy atom. The quantitative estimate of drug-likeness (QED) is 0.107. The molecule has 0 atom stereocenters. The second-order valence-corrected chi connectivity index (χ2v) is 17.7. The molecule has 0 unspecified atom stereocenters. The number of nitrogens with zero attached hydrogens (tertiary/aromatic N) is 1. The molecule has 3 fully saturated rings. The van der Waals surface area contributed by atoms with Crippen molar-refractivity contribution in [1.82, 2.24) is 4.90 Å². The van der Waals surface area contributed by atoms with Crippen molar-refractivity contribution in [2.24, 2.45) is 11.8 Å². The summed E-state index contributed by atoms with van der Waals surface area (Å²) in [7, 11) is 0. The van der Waals surface area contributed by atoms with Crippen LogP contribution in [0.1, 0.15) is 125 Å². The third-order valence-corrected chi connectivity index (χ3v) is 13.0. The van der Waals surface area contributed by atoms with E-state index in [1.54, 1.807) is 35.2 Å². The molecule has 3 aliphatic rings. The molecule has 18 heteroatoms. The lowest BCUT2D eigenvalue weighted by molar-refractivity contribution is -0.186. The number of aliphatic carboxylic acids is 1. The topological polar surface area (TPSA) is 76.1 Å². The minimum atomic E-state index is -4.71. The van der Waals surface area contributed by atoms with Crippen LogP contribution in [0.4, 0.5) is 52.7 Å². The maximum Gasteiger partial charge on any atom is 0.420 e. The number of amides is 1. The van der Waals surface area contributed by atoms with Crippen molar-refractivity contribution >= 4 is 33.4 Å². The second kappa shape index (κ2) is 21.6. The van der Waals surface area contributed by atoms with Crippen LogP contribution in [0.2, 0.25) is 0 Å². The van der Waals surface area contributed by atoms with Gasteiger partial charge >= 0.3 is 30.7 Å². The first-order valence-corrected chi connectivity index (χ1v) is 22.7. The Bertz CT molecular complexity index is 2310. The van der Waals surface area contributed by atoms with Crippen molar-refractivity contribution in [3.05, 3.63) is 82.9 Å². The van der Waals surface area contributed by atoms with Crippen molar-refractivity contribution in [3.8, 4) is 11.5 Å². The highest BCUT2D eigenvalue weighted by atomic mass is 19.4. The van der Waals surface area contributed by atoms with Crippen LogP contribution >= 0.6 is 0 Å². The molecule has 2 saturated carbocycles. The standard InChI is InChI=1S/C25H28F6O3.C24H25F6NO2/c26-24(27,28)17-10-12-18(13-11-17)34-21-15-14-19-16(6-3-1-2-4-9-22(32)33)7-5-8-20(19)23(21)25(29,30)31;25-23(26,27)16-7-9-17(10-8-16)33-20-12-11-18-15(14-31-13-2-1-6-21(31)32)4-3-5-19(18)22(20)24(28,29)30/h5,7-8,14-15,17-18H,1-4,6,9-13H2,(H,32,33);3-5,11-12,16-17H,1-2,6-10,13-14H2. The average molecular weight is 964 g/mol. The number of likely N-dealkylation sites (tertiary alicyclic amines) is 1. The number of unbranched alkanes of at least 4 members (excludes halogenated alkanes) is 3. The molecular weight excluding hydrogens is 911 g/mol. The van der Waals surface area contributed by atoms with Gasteiger partial charge in [0.2, 0.25) is 5.91 Å². The van der Waals surface area contributed by atoms with Gasteiger partial charge in [-0.3, -0.25) is 9.59 Å². The fourth-order valence-corrected chi connectivity index (χ4v) is 9.50. The highest BCUT2D eigenvalue weighted by Gasteiger charge is 2.44. The average Bonchev–Trinajstić information content (AvgIpc) is 3.24. The Morgan fingerprint density at radius 3 is 1.48 bits per heavy atom. The first-order valence-electron chi connectivity index (χ1n) is 22.7. The number of piperidine rings is 1. The van der Waals surface area contributed by atoms with Crippen molar-refractivity contribution in [3.63, 3.8) is 0 Å². The number of carboxylic acid groups (broad SMARTS) is 1. The zero-order chi connectivity index (χ0) is 48.7. The van der Waals surface area contributed by atoms with Crippen molar-refractivity contribution in [1.29, 1.82) is 0 Å². The molecule has 7 rings (SSSR count). The van der Waals surface area contributed by atoms with Crippen LogP contribution < -0.4 is 9.47 Å². The van der Waals surface area contributed by atoms with Gasteiger partial charge in [0, 0.05) is 25.9 Å². The summed E-state index contributed by atoms with van der Waals surface area (Å²) in [5.41, 5.74) is -0.444. The molecule has 0 spiro atoms. The molecule has 0 aromatic heterocycles. The molecule has 4 aromatic carbocycles. The summed E-state index contributed by atoms with van der Waals surface area (Å²) in [6, 6.07) is 15.0. The monoisotopic (exact) mass is 963 g/mol. The van der Waals surface area contributed by atoms with Gasteiger partial charge < -0.3 is 19.5 Å². The predicted molar refractivity (Wildman–Crippen MR) is 226 cm³/mol. The number of hydrogen-bond acceptors (Lipinski definition) is 4. The Morgan fingerprint density at radius 1 is 0.567 bits per heavy atom. The van der Waals surface area contributed by atoms with Crippen molar-refractivity contribution in [2.45, 2.75) is 153 Å². The van der Waals surface area contributed by atoms with Crippen LogP contribution in [0.5, 0.6) is 11.5 Å². The number of carboxylic acids is 1. The van der Waals surface area contributed by atoms with E-state index >= 15 is 0 Å². The molecule has 0 bridgehead atoms. The molecule has 0 radical (unpaired) electrons. The first kappa shape index (κ1) is 51.5. The van der Waals surface area contributed by atoms with Crippen molar-refractivity contribution in [2.75, 3.05) is 6.54 Å². The van der Waals surface area contributed by atoms with Crippen LogP contribution in [0.15, 0.2) is 60.7 Å². The van der Waals surface area contributed by atoms with Gasteiger partial charge in [-0.1, -0.05) is 61.4 Å². The largest absolute Gasteiger partial charge is 0.490 e. The lowest BCUT2D eigenvalue weighted by Gasteiger charge is -2.31. The summed E-state index contributed by atoms with van der Waals surface area (Å²) in [5, 5.41) is 9.51. The van der Waals surface area contributed by atoms with Gasteiger partial charge in [-0.15, -0.1) is 0 Å². The number of benzene rings is 4. The molecule has 67 heavy (non-hydrogen) atoms. The summed E-state index contributed by atoms with van der Waals surface area (Å²) >= 11 is 0. The van der Waals surface area contributed by atoms with Gasteiger partial charge in [0.05, 0.1) is 24.0 Å². The minimum absolute atomic E-state index is 0.0105. The van der Waals surface area contributed by atoms with E-state index in [9.17, 15) is 62.3 Å². The fraction of sp³-hybridized carbons (Fsp3) is 0.551. The summed E-state index contributed by atoms with van der Waals surface area (Å²) in [6.45, 7) is 0.804. The van der Waals surface area contributed by atoms with E-state index in [-0.39, 0.29) is 92.5 Å². The van der Waals surface area contributed by atoms with E-state index in [4.69, 9.17) is 14.6 Å². The van der Waals surface area contributed by atoms with E-state index in [1.165, 1.54) is 30.3 Å². The summed E-state index contributed by atoms with van der Waals surface area (Å²) in [4.78, 5) is 24.4. The van der Waals surface area contributed by atoms with E-state index in [0.29, 0.717) is 42.1 Å². The molecule has 1 heterocycles. The number of fused-ring (bicyclic) bond motifs is 2. The minimum Gasteiger partial charge on any atom is -0.490 e. The van der Waals surface area contributed by atoms with Crippen LogP contribution in [0.25, 0.3) is 21.5 Å². The number of hydrogen-bond donors (Lipinski definition) is 1. The molecule has 4 aromatic rings.